The van der Waals surface area contributed by atoms with E-state index in [-0.39, 0.29) is 74.7 Å². The number of hydrogen-bond donors (Lipinski definition) is 3. The summed E-state index contributed by atoms with van der Waals surface area (Å²) in [5.41, 5.74) is -0.863. The maximum absolute atomic E-state index is 13.4. The Morgan fingerprint density at radius 2 is 1.67 bits per heavy atom. The lowest BCUT2D eigenvalue weighted by Gasteiger charge is -2.69. The SMILES string of the molecule is COC(=O)/C=C/CC[C@H](NC(=O)c1sc(C(F)(F)F)nc1C)C(=O)Nc1cccn(CC(=O)NC23CC4(C)CC(C)(CC(C)(C4)C2)C3)c1=O. The molecule has 0 spiro atoms. The second-order valence-corrected chi connectivity index (χ2v) is 16.1. The number of halogens is 3. The Morgan fingerprint density at radius 1 is 1.06 bits per heavy atom. The van der Waals surface area contributed by atoms with Crippen LogP contribution in [0.5, 0.6) is 0 Å². The van der Waals surface area contributed by atoms with Gasteiger partial charge < -0.3 is 25.3 Å². The van der Waals surface area contributed by atoms with Crippen molar-refractivity contribution in [3.8, 4) is 0 Å². The summed E-state index contributed by atoms with van der Waals surface area (Å²) in [6.45, 7) is 7.91. The molecular formula is C34H42F3N5O6S. The summed E-state index contributed by atoms with van der Waals surface area (Å²) in [7, 11) is 1.19. The number of nitrogens with zero attached hydrogens (tertiary/aromatic N) is 2. The number of anilines is 1. The van der Waals surface area contributed by atoms with Crippen LogP contribution in [0.3, 0.4) is 0 Å². The van der Waals surface area contributed by atoms with Gasteiger partial charge in [-0.05, 0) is 86.7 Å². The summed E-state index contributed by atoms with van der Waals surface area (Å²) in [4.78, 5) is 67.9. The van der Waals surface area contributed by atoms with E-state index in [2.05, 4.69) is 46.4 Å². The largest absolute Gasteiger partial charge is 0.466 e. The first-order valence-corrected chi connectivity index (χ1v) is 17.0. The molecule has 0 unspecified atom stereocenters. The van der Waals surface area contributed by atoms with Gasteiger partial charge >= 0.3 is 12.1 Å². The summed E-state index contributed by atoms with van der Waals surface area (Å²) in [5, 5.41) is 7.04. The maximum atomic E-state index is 13.4. The van der Waals surface area contributed by atoms with Crippen molar-refractivity contribution >= 4 is 40.7 Å². The third-order valence-corrected chi connectivity index (χ3v) is 11.0. The molecule has 4 saturated carbocycles. The minimum absolute atomic E-state index is 0.0721. The van der Waals surface area contributed by atoms with Crippen molar-refractivity contribution in [1.29, 1.82) is 0 Å². The van der Waals surface area contributed by atoms with Crippen LogP contribution in [0.2, 0.25) is 0 Å². The minimum Gasteiger partial charge on any atom is -0.466 e. The molecule has 15 heteroatoms. The van der Waals surface area contributed by atoms with E-state index >= 15 is 0 Å². The van der Waals surface area contributed by atoms with E-state index in [1.807, 2.05) is 0 Å². The summed E-state index contributed by atoms with van der Waals surface area (Å²) >= 11 is 0.150. The molecule has 0 aliphatic heterocycles. The fourth-order valence-electron chi connectivity index (χ4n) is 9.62. The van der Waals surface area contributed by atoms with E-state index in [1.165, 1.54) is 43.0 Å². The van der Waals surface area contributed by atoms with Crippen LogP contribution in [0, 0.1) is 23.2 Å². The lowest BCUT2D eigenvalue weighted by atomic mass is 9.38. The van der Waals surface area contributed by atoms with Gasteiger partial charge in [-0.2, -0.15) is 13.2 Å². The molecule has 2 aromatic rings. The first-order valence-electron chi connectivity index (χ1n) is 16.2. The van der Waals surface area contributed by atoms with Crippen LogP contribution in [0.25, 0.3) is 0 Å². The molecule has 0 aromatic carbocycles. The number of rotatable bonds is 11. The van der Waals surface area contributed by atoms with Crippen LogP contribution in [0.1, 0.15) is 92.5 Å². The summed E-state index contributed by atoms with van der Waals surface area (Å²) in [5.74, 6) is -2.71. The number of pyridine rings is 1. The Labute approximate surface area is 286 Å². The molecule has 6 rings (SSSR count). The van der Waals surface area contributed by atoms with E-state index in [0.29, 0.717) is 0 Å². The fourth-order valence-corrected chi connectivity index (χ4v) is 10.5. The number of carbonyl (C=O) groups excluding carboxylic acids is 4. The Hall–Kier alpha value is -4.01. The van der Waals surface area contributed by atoms with Crippen molar-refractivity contribution in [2.75, 3.05) is 12.4 Å². The van der Waals surface area contributed by atoms with Gasteiger partial charge in [0.2, 0.25) is 11.8 Å². The molecule has 49 heavy (non-hydrogen) atoms. The van der Waals surface area contributed by atoms with Crippen LogP contribution in [0.15, 0.2) is 35.3 Å². The maximum Gasteiger partial charge on any atom is 0.443 e. The van der Waals surface area contributed by atoms with Crippen molar-refractivity contribution in [2.45, 2.75) is 103 Å². The van der Waals surface area contributed by atoms with Crippen molar-refractivity contribution < 1.29 is 37.1 Å². The molecule has 4 aliphatic carbocycles. The molecule has 3 N–H and O–H groups in total. The molecule has 0 saturated heterocycles. The second kappa shape index (κ2) is 13.0. The van der Waals surface area contributed by atoms with Gasteiger partial charge in [0.1, 0.15) is 23.2 Å². The zero-order chi connectivity index (χ0) is 36.0. The topological polar surface area (TPSA) is 148 Å². The Bertz CT molecular complexity index is 1700. The monoisotopic (exact) mass is 705 g/mol. The smallest absolute Gasteiger partial charge is 0.443 e. The minimum atomic E-state index is -4.75. The number of aromatic nitrogens is 2. The molecule has 1 atom stereocenters. The quantitative estimate of drug-likeness (QED) is 0.217. The third-order valence-electron chi connectivity index (χ3n) is 9.80. The highest BCUT2D eigenvalue weighted by molar-refractivity contribution is 7.13. The number of amides is 3. The normalized spacial score (nSPS) is 27.9. The number of nitrogens with one attached hydrogen (secondary N) is 3. The van der Waals surface area contributed by atoms with Crippen LogP contribution in [-0.2, 0) is 31.8 Å². The predicted molar refractivity (Wildman–Crippen MR) is 176 cm³/mol. The van der Waals surface area contributed by atoms with Gasteiger partial charge in [0.25, 0.3) is 11.5 Å². The van der Waals surface area contributed by atoms with Gasteiger partial charge in [-0.3, -0.25) is 19.2 Å². The van der Waals surface area contributed by atoms with E-state index < -0.39 is 40.6 Å². The average molecular weight is 706 g/mol. The van der Waals surface area contributed by atoms with E-state index in [0.717, 1.165) is 44.6 Å². The molecule has 266 valence electrons. The fraction of sp³-hybridized carbons (Fsp3) is 0.588. The van der Waals surface area contributed by atoms with Crippen molar-refractivity contribution in [3.63, 3.8) is 0 Å². The lowest BCUT2D eigenvalue weighted by molar-refractivity contribution is -0.164. The predicted octanol–water partition coefficient (Wildman–Crippen LogP) is 5.13. The van der Waals surface area contributed by atoms with Crippen LogP contribution < -0.4 is 21.5 Å². The average Bonchev–Trinajstić information content (AvgIpc) is 3.36. The molecule has 0 radical (unpaired) electrons. The first-order chi connectivity index (χ1) is 22.8. The van der Waals surface area contributed by atoms with E-state index in [4.69, 9.17) is 0 Å². The Morgan fingerprint density at radius 3 is 2.22 bits per heavy atom. The van der Waals surface area contributed by atoms with Crippen molar-refractivity contribution in [2.24, 2.45) is 16.2 Å². The highest BCUT2D eigenvalue weighted by atomic mass is 32.1. The highest BCUT2D eigenvalue weighted by Gasteiger charge is 2.64. The van der Waals surface area contributed by atoms with Gasteiger partial charge in [-0.1, -0.05) is 26.8 Å². The second-order valence-electron chi connectivity index (χ2n) is 15.1. The lowest BCUT2D eigenvalue weighted by Crippen LogP contribution is -2.68. The molecule has 11 nitrogen and oxygen atoms in total. The number of methoxy groups -OCH3 is 1. The standard InChI is InChI=1S/C34H42F3N5O6S/c1-20-25(49-29(38-20)34(35,36)37)27(46)39-21(9-6-7-11-24(44)48-5)26(45)40-22-10-8-12-42(28(22)47)13-23(43)41-33-17-30(2)14-31(3,18-33)16-32(4,15-30)19-33/h7-8,10-12,21H,6,9,13-19H2,1-5H3,(H,39,46)(H,40,45)(H,41,43)/b11-7+/t21-,30?,31?,32?,33?/m0/s1. The van der Waals surface area contributed by atoms with Gasteiger partial charge in [0, 0.05) is 17.8 Å². The van der Waals surface area contributed by atoms with Crippen molar-refractivity contribution in [3.05, 3.63) is 56.4 Å². The van der Waals surface area contributed by atoms with Crippen LogP contribution in [0.4, 0.5) is 18.9 Å². The molecule has 4 aliphatic rings. The molecule has 4 fully saturated rings. The number of thiazole rings is 1. The number of alkyl halides is 3. The summed E-state index contributed by atoms with van der Waals surface area (Å²) in [6.07, 6.45) is 5.34. The zero-order valence-electron chi connectivity index (χ0n) is 28.2. The number of esters is 1. The number of allylic oxidation sites excluding steroid dienone is 1. The van der Waals surface area contributed by atoms with E-state index in [1.54, 1.807) is 0 Å². The van der Waals surface area contributed by atoms with E-state index in [9.17, 15) is 37.1 Å². The van der Waals surface area contributed by atoms with Gasteiger partial charge in [-0.15, -0.1) is 11.3 Å². The van der Waals surface area contributed by atoms with Crippen LogP contribution in [-0.4, -0.2) is 51.9 Å². The summed E-state index contributed by atoms with van der Waals surface area (Å²) < 4.78 is 45.4. The molecule has 2 heterocycles. The highest BCUT2D eigenvalue weighted by Crippen LogP contribution is 2.70. The Balaban J connectivity index is 1.29. The molecule has 4 bridgehead atoms. The molecular weight excluding hydrogens is 663 g/mol. The number of aryl methyl sites for hydroxylation is 1. The number of hydrogen-bond acceptors (Lipinski definition) is 8. The van der Waals surface area contributed by atoms with Gasteiger partial charge in [0.15, 0.2) is 5.01 Å². The Kier molecular flexibility index (Phi) is 9.65. The van der Waals surface area contributed by atoms with Crippen molar-refractivity contribution in [1.82, 2.24) is 20.2 Å². The summed E-state index contributed by atoms with van der Waals surface area (Å²) in [6, 6.07) is 1.54. The third kappa shape index (κ3) is 8.08. The van der Waals surface area contributed by atoms with Crippen LogP contribution >= 0.6 is 11.3 Å². The number of ether oxygens (including phenoxy) is 1. The first kappa shape index (κ1) is 36.3. The molecule has 3 amide bonds. The molecule has 2 aromatic heterocycles. The van der Waals surface area contributed by atoms with Gasteiger partial charge in [0.05, 0.1) is 12.8 Å². The van der Waals surface area contributed by atoms with Gasteiger partial charge in [-0.25, -0.2) is 9.78 Å². The zero-order valence-corrected chi connectivity index (χ0v) is 29.0. The number of carbonyl (C=O) groups is 4.